The van der Waals surface area contributed by atoms with Crippen molar-refractivity contribution in [3.8, 4) is 11.3 Å². The molecule has 102 valence electrons. The molecule has 0 saturated carbocycles. The second-order valence-corrected chi connectivity index (χ2v) is 5.48. The van der Waals surface area contributed by atoms with Crippen molar-refractivity contribution in [3.63, 3.8) is 0 Å². The summed E-state index contributed by atoms with van der Waals surface area (Å²) < 4.78 is 36.8. The third kappa shape index (κ3) is 2.82. The number of alkyl halides is 3. The number of hydrogen-bond acceptors (Lipinski definition) is 1. The third-order valence-corrected chi connectivity index (χ3v) is 3.67. The van der Waals surface area contributed by atoms with Gasteiger partial charge in [0.1, 0.15) is 0 Å². The summed E-state index contributed by atoms with van der Waals surface area (Å²) in [6, 6.07) is 16.2. The Bertz CT molecular complexity index is 696. The van der Waals surface area contributed by atoms with Crippen molar-refractivity contribution in [3.05, 3.63) is 54.6 Å². The highest BCUT2D eigenvalue weighted by atomic mass is 32.2. The van der Waals surface area contributed by atoms with E-state index < -0.39 is 5.51 Å². The van der Waals surface area contributed by atoms with Gasteiger partial charge >= 0.3 is 5.51 Å². The van der Waals surface area contributed by atoms with Crippen molar-refractivity contribution in [2.75, 3.05) is 0 Å². The number of aromatic nitrogens is 1. The van der Waals surface area contributed by atoms with Gasteiger partial charge in [0.2, 0.25) is 0 Å². The van der Waals surface area contributed by atoms with E-state index in [1.165, 1.54) is 12.1 Å². The third-order valence-electron chi connectivity index (χ3n) is 2.93. The molecular weight excluding hydrogens is 283 g/mol. The fourth-order valence-electron chi connectivity index (χ4n) is 2.07. The van der Waals surface area contributed by atoms with E-state index in [-0.39, 0.29) is 16.7 Å². The van der Waals surface area contributed by atoms with Crippen molar-refractivity contribution in [1.29, 1.82) is 0 Å². The van der Waals surface area contributed by atoms with Crippen LogP contribution in [0.3, 0.4) is 0 Å². The lowest BCUT2D eigenvalue weighted by Gasteiger charge is -2.05. The van der Waals surface area contributed by atoms with Gasteiger partial charge in [0.15, 0.2) is 0 Å². The van der Waals surface area contributed by atoms with Gasteiger partial charge < -0.3 is 4.98 Å². The molecule has 0 fully saturated rings. The van der Waals surface area contributed by atoms with Gasteiger partial charge in [-0.25, -0.2) is 0 Å². The van der Waals surface area contributed by atoms with Crippen LogP contribution in [0.5, 0.6) is 0 Å². The van der Waals surface area contributed by atoms with Crippen molar-refractivity contribution in [1.82, 2.24) is 4.98 Å². The summed E-state index contributed by atoms with van der Waals surface area (Å²) in [6.45, 7) is 0. The predicted octanol–water partition coefficient (Wildman–Crippen LogP) is 5.45. The SMILES string of the molecule is FC(F)(F)Sc1ccc(-c2cc3ccccc3[nH]2)cc1. The van der Waals surface area contributed by atoms with Crippen LogP contribution in [0.2, 0.25) is 0 Å². The van der Waals surface area contributed by atoms with E-state index >= 15 is 0 Å². The number of H-pyrrole nitrogens is 1. The lowest BCUT2D eigenvalue weighted by atomic mass is 10.1. The van der Waals surface area contributed by atoms with E-state index in [1.54, 1.807) is 12.1 Å². The predicted molar refractivity (Wildman–Crippen MR) is 75.6 cm³/mol. The molecule has 1 N–H and O–H groups in total. The first-order valence-corrected chi connectivity index (χ1v) is 6.77. The molecule has 0 radical (unpaired) electrons. The first-order chi connectivity index (χ1) is 9.51. The Balaban J connectivity index is 1.90. The molecule has 0 aliphatic rings. The van der Waals surface area contributed by atoms with Gasteiger partial charge in [-0.05, 0) is 41.6 Å². The molecule has 0 aliphatic carbocycles. The Kier molecular flexibility index (Phi) is 3.22. The quantitative estimate of drug-likeness (QED) is 0.621. The summed E-state index contributed by atoms with van der Waals surface area (Å²) in [5.74, 6) is 0. The summed E-state index contributed by atoms with van der Waals surface area (Å²) >= 11 is -0.101. The van der Waals surface area contributed by atoms with Gasteiger partial charge in [0.05, 0.1) is 0 Å². The van der Waals surface area contributed by atoms with Gasteiger partial charge in [-0.15, -0.1) is 0 Å². The molecule has 20 heavy (non-hydrogen) atoms. The van der Waals surface area contributed by atoms with Crippen molar-refractivity contribution < 1.29 is 13.2 Å². The minimum absolute atomic E-state index is 0.101. The average molecular weight is 293 g/mol. The molecule has 3 rings (SSSR count). The molecule has 1 heterocycles. The standard InChI is InChI=1S/C15H10F3NS/c16-15(17,18)20-12-7-5-10(6-8-12)14-9-11-3-1-2-4-13(11)19-14/h1-9,19H. The van der Waals surface area contributed by atoms with E-state index in [4.69, 9.17) is 0 Å². The zero-order valence-corrected chi connectivity index (χ0v) is 11.1. The summed E-state index contributed by atoms with van der Waals surface area (Å²) in [4.78, 5) is 3.44. The Labute approximate surface area is 117 Å². The van der Waals surface area contributed by atoms with Crippen LogP contribution in [0.4, 0.5) is 13.2 Å². The van der Waals surface area contributed by atoms with Crippen LogP contribution in [-0.4, -0.2) is 10.5 Å². The summed E-state index contributed by atoms with van der Waals surface area (Å²) in [6.07, 6.45) is 0. The van der Waals surface area contributed by atoms with Crippen LogP contribution >= 0.6 is 11.8 Å². The highest BCUT2D eigenvalue weighted by Crippen LogP contribution is 2.37. The minimum atomic E-state index is -4.25. The van der Waals surface area contributed by atoms with Crippen LogP contribution in [-0.2, 0) is 0 Å². The van der Waals surface area contributed by atoms with E-state index in [2.05, 4.69) is 4.98 Å². The maximum absolute atomic E-state index is 12.3. The second kappa shape index (κ2) is 4.90. The second-order valence-electron chi connectivity index (χ2n) is 4.34. The van der Waals surface area contributed by atoms with E-state index in [0.717, 1.165) is 22.2 Å². The maximum Gasteiger partial charge on any atom is 0.446 e. The van der Waals surface area contributed by atoms with E-state index in [1.807, 2.05) is 30.3 Å². The molecule has 0 unspecified atom stereocenters. The van der Waals surface area contributed by atoms with Gasteiger partial charge in [-0.1, -0.05) is 30.3 Å². The van der Waals surface area contributed by atoms with Gasteiger partial charge in [-0.2, -0.15) is 13.2 Å². The van der Waals surface area contributed by atoms with Crippen molar-refractivity contribution >= 4 is 22.7 Å². The summed E-state index contributed by atoms with van der Waals surface area (Å²) in [5, 5.41) is 1.08. The maximum atomic E-state index is 12.3. The number of hydrogen-bond donors (Lipinski definition) is 1. The van der Waals surface area contributed by atoms with Crippen LogP contribution in [0.15, 0.2) is 59.5 Å². The Morgan fingerprint density at radius 1 is 0.900 bits per heavy atom. The molecule has 0 aliphatic heterocycles. The Morgan fingerprint density at radius 2 is 1.60 bits per heavy atom. The van der Waals surface area contributed by atoms with Crippen molar-refractivity contribution in [2.45, 2.75) is 10.4 Å². The number of thioether (sulfide) groups is 1. The highest BCUT2D eigenvalue weighted by Gasteiger charge is 2.29. The monoisotopic (exact) mass is 293 g/mol. The van der Waals surface area contributed by atoms with Crippen LogP contribution in [0.25, 0.3) is 22.2 Å². The first-order valence-electron chi connectivity index (χ1n) is 5.95. The van der Waals surface area contributed by atoms with Crippen molar-refractivity contribution in [2.24, 2.45) is 0 Å². The number of aromatic amines is 1. The number of halogens is 3. The molecule has 0 atom stereocenters. The van der Waals surface area contributed by atoms with E-state index in [9.17, 15) is 13.2 Å². The fraction of sp³-hybridized carbons (Fsp3) is 0.0667. The number of fused-ring (bicyclic) bond motifs is 1. The van der Waals surface area contributed by atoms with Gasteiger partial charge in [-0.3, -0.25) is 0 Å². The molecule has 0 spiro atoms. The first kappa shape index (κ1) is 13.1. The largest absolute Gasteiger partial charge is 0.446 e. The van der Waals surface area contributed by atoms with Gasteiger partial charge in [0, 0.05) is 21.5 Å². The molecular formula is C15H10F3NS. The molecule has 0 amide bonds. The fourth-order valence-corrected chi connectivity index (χ4v) is 2.60. The highest BCUT2D eigenvalue weighted by molar-refractivity contribution is 8.00. The average Bonchev–Trinajstić information content (AvgIpc) is 2.81. The number of para-hydroxylation sites is 1. The van der Waals surface area contributed by atoms with Crippen LogP contribution in [0.1, 0.15) is 0 Å². The number of benzene rings is 2. The summed E-state index contributed by atoms with van der Waals surface area (Å²) in [7, 11) is 0. The molecule has 2 aromatic carbocycles. The molecule has 1 aromatic heterocycles. The molecule has 3 aromatic rings. The minimum Gasteiger partial charge on any atom is -0.355 e. The Morgan fingerprint density at radius 3 is 2.25 bits per heavy atom. The van der Waals surface area contributed by atoms with Crippen LogP contribution < -0.4 is 0 Å². The topological polar surface area (TPSA) is 15.8 Å². The lowest BCUT2D eigenvalue weighted by Crippen LogP contribution is -1.98. The van der Waals surface area contributed by atoms with Crippen LogP contribution in [0, 0.1) is 0 Å². The normalized spacial score (nSPS) is 11.9. The number of rotatable bonds is 2. The molecule has 0 bridgehead atoms. The smallest absolute Gasteiger partial charge is 0.355 e. The zero-order chi connectivity index (χ0) is 14.2. The molecule has 0 saturated heterocycles. The summed E-state index contributed by atoms with van der Waals surface area (Å²) in [5.41, 5.74) is -1.47. The van der Waals surface area contributed by atoms with E-state index in [0.29, 0.717) is 0 Å². The molecule has 1 nitrogen and oxygen atoms in total. The number of nitrogens with one attached hydrogen (secondary N) is 1. The zero-order valence-electron chi connectivity index (χ0n) is 10.2. The van der Waals surface area contributed by atoms with Gasteiger partial charge in [0.25, 0.3) is 0 Å². The molecule has 5 heteroatoms. The lowest BCUT2D eigenvalue weighted by molar-refractivity contribution is -0.0328. The Hall–Kier alpha value is -1.88.